The number of hydrogen-bond donors (Lipinski definition) is 1. The van der Waals surface area contributed by atoms with E-state index in [0.29, 0.717) is 5.56 Å². The van der Waals surface area contributed by atoms with E-state index in [4.69, 9.17) is 0 Å². The molecule has 2 rings (SSSR count). The number of amides is 1. The summed E-state index contributed by atoms with van der Waals surface area (Å²) in [5.41, 5.74) is 0.207. The molecule has 1 amide bonds. The van der Waals surface area contributed by atoms with E-state index in [1.54, 1.807) is 4.90 Å². The summed E-state index contributed by atoms with van der Waals surface area (Å²) in [6.07, 6.45) is 1.90. The predicted octanol–water partition coefficient (Wildman–Crippen LogP) is 2.84. The van der Waals surface area contributed by atoms with Crippen LogP contribution in [0.4, 0.5) is 8.78 Å². The van der Waals surface area contributed by atoms with Crippen LogP contribution in [0.25, 0.3) is 0 Å². The van der Waals surface area contributed by atoms with Gasteiger partial charge in [0.1, 0.15) is 11.6 Å². The Labute approximate surface area is 124 Å². The Morgan fingerprint density at radius 1 is 1.33 bits per heavy atom. The maximum atomic E-state index is 13.7. The van der Waals surface area contributed by atoms with Crippen LogP contribution in [-0.4, -0.2) is 28.9 Å². The maximum absolute atomic E-state index is 13.7. The Morgan fingerprint density at radius 3 is 2.52 bits per heavy atom. The van der Waals surface area contributed by atoms with E-state index >= 15 is 0 Å². The molecule has 21 heavy (non-hydrogen) atoms. The van der Waals surface area contributed by atoms with Crippen LogP contribution in [0.1, 0.15) is 39.2 Å². The van der Waals surface area contributed by atoms with Crippen LogP contribution < -0.4 is 5.32 Å². The minimum absolute atomic E-state index is 0.0452. The topological polar surface area (TPSA) is 32.3 Å². The fourth-order valence-electron chi connectivity index (χ4n) is 2.08. The molecule has 0 bridgehead atoms. The smallest absolute Gasteiger partial charge is 0.237 e. The van der Waals surface area contributed by atoms with E-state index in [2.05, 4.69) is 5.32 Å². The zero-order chi connectivity index (χ0) is 15.6. The van der Waals surface area contributed by atoms with Crippen LogP contribution in [0.3, 0.4) is 0 Å². The van der Waals surface area contributed by atoms with Crippen LogP contribution in [0.15, 0.2) is 18.2 Å². The first-order valence-electron chi connectivity index (χ1n) is 7.25. The summed E-state index contributed by atoms with van der Waals surface area (Å²) in [5.74, 6) is -1.25. The number of nitrogens with zero attached hydrogens (tertiary/aromatic N) is 1. The largest absolute Gasteiger partial charge is 0.334 e. The molecule has 1 fully saturated rings. The average Bonchev–Trinajstić information content (AvgIpc) is 3.18. The van der Waals surface area contributed by atoms with Crippen molar-refractivity contribution in [3.05, 3.63) is 35.4 Å². The van der Waals surface area contributed by atoms with Crippen molar-refractivity contribution in [3.63, 3.8) is 0 Å². The highest BCUT2D eigenvalue weighted by Crippen LogP contribution is 2.29. The van der Waals surface area contributed by atoms with Gasteiger partial charge in [-0.2, -0.15) is 0 Å². The molecule has 1 aromatic carbocycles. The molecule has 0 saturated heterocycles. The Balaban J connectivity index is 2.04. The van der Waals surface area contributed by atoms with Gasteiger partial charge in [-0.25, -0.2) is 8.78 Å². The van der Waals surface area contributed by atoms with Gasteiger partial charge in [0, 0.05) is 29.8 Å². The number of carbonyl (C=O) groups is 1. The van der Waals surface area contributed by atoms with Gasteiger partial charge in [-0.05, 0) is 39.7 Å². The van der Waals surface area contributed by atoms with E-state index in [0.717, 1.165) is 18.9 Å². The molecule has 1 aromatic rings. The van der Waals surface area contributed by atoms with Gasteiger partial charge in [0.15, 0.2) is 0 Å². The summed E-state index contributed by atoms with van der Waals surface area (Å²) in [6, 6.07) is 3.67. The second-order valence-corrected chi connectivity index (χ2v) is 6.59. The molecular weight excluding hydrogens is 274 g/mol. The van der Waals surface area contributed by atoms with Gasteiger partial charge >= 0.3 is 0 Å². The first-order valence-corrected chi connectivity index (χ1v) is 7.25. The summed E-state index contributed by atoms with van der Waals surface area (Å²) in [5, 5.41) is 3.15. The SMILES string of the molecule is CC(C)(C)NCC(=O)N(Cc1ccc(F)cc1F)C1CC1. The minimum atomic E-state index is -0.602. The summed E-state index contributed by atoms with van der Waals surface area (Å²) in [7, 11) is 0. The lowest BCUT2D eigenvalue weighted by molar-refractivity contribution is -0.131. The van der Waals surface area contributed by atoms with Crippen molar-refractivity contribution in [2.24, 2.45) is 0 Å². The van der Waals surface area contributed by atoms with Crippen molar-refractivity contribution in [2.45, 2.75) is 51.7 Å². The van der Waals surface area contributed by atoms with E-state index < -0.39 is 11.6 Å². The second-order valence-electron chi connectivity index (χ2n) is 6.59. The lowest BCUT2D eigenvalue weighted by Gasteiger charge is -2.26. The molecule has 5 heteroatoms. The van der Waals surface area contributed by atoms with Crippen molar-refractivity contribution >= 4 is 5.91 Å². The van der Waals surface area contributed by atoms with Crippen molar-refractivity contribution in [1.82, 2.24) is 10.2 Å². The van der Waals surface area contributed by atoms with Gasteiger partial charge in [0.2, 0.25) is 5.91 Å². The molecule has 0 atom stereocenters. The summed E-state index contributed by atoms with van der Waals surface area (Å²) < 4.78 is 26.7. The standard InChI is InChI=1S/C16H22F2N2O/c1-16(2,3)19-9-15(21)20(13-6-7-13)10-11-4-5-12(17)8-14(11)18/h4-5,8,13,19H,6-7,9-10H2,1-3H3. The van der Waals surface area contributed by atoms with Crippen LogP contribution in [0, 0.1) is 11.6 Å². The van der Waals surface area contributed by atoms with Crippen LogP contribution in [0.2, 0.25) is 0 Å². The molecule has 3 nitrogen and oxygen atoms in total. The van der Waals surface area contributed by atoms with E-state index in [9.17, 15) is 13.6 Å². The van der Waals surface area contributed by atoms with Gasteiger partial charge < -0.3 is 10.2 Å². The van der Waals surface area contributed by atoms with Crippen molar-refractivity contribution in [2.75, 3.05) is 6.54 Å². The van der Waals surface area contributed by atoms with E-state index in [1.807, 2.05) is 20.8 Å². The van der Waals surface area contributed by atoms with Gasteiger partial charge in [0.05, 0.1) is 6.54 Å². The highest BCUT2D eigenvalue weighted by Gasteiger charge is 2.33. The third-order valence-electron chi connectivity index (χ3n) is 3.43. The van der Waals surface area contributed by atoms with Crippen LogP contribution in [-0.2, 0) is 11.3 Å². The third kappa shape index (κ3) is 4.77. The molecule has 0 unspecified atom stereocenters. The number of rotatable bonds is 5. The van der Waals surface area contributed by atoms with Gasteiger partial charge in [-0.1, -0.05) is 6.07 Å². The molecular formula is C16H22F2N2O. The van der Waals surface area contributed by atoms with Crippen molar-refractivity contribution in [1.29, 1.82) is 0 Å². The minimum Gasteiger partial charge on any atom is -0.334 e. The third-order valence-corrected chi connectivity index (χ3v) is 3.43. The van der Waals surface area contributed by atoms with Crippen molar-refractivity contribution < 1.29 is 13.6 Å². The van der Waals surface area contributed by atoms with E-state index in [-0.39, 0.29) is 30.6 Å². The zero-order valence-electron chi connectivity index (χ0n) is 12.7. The fourth-order valence-corrected chi connectivity index (χ4v) is 2.08. The first kappa shape index (κ1) is 15.9. The predicted molar refractivity (Wildman–Crippen MR) is 77.7 cm³/mol. The highest BCUT2D eigenvalue weighted by atomic mass is 19.1. The normalized spacial score (nSPS) is 15.1. The zero-order valence-corrected chi connectivity index (χ0v) is 12.7. The molecule has 0 aliphatic heterocycles. The number of nitrogens with one attached hydrogen (secondary N) is 1. The van der Waals surface area contributed by atoms with Crippen LogP contribution >= 0.6 is 0 Å². The van der Waals surface area contributed by atoms with Gasteiger partial charge in [0.25, 0.3) is 0 Å². The molecule has 1 aliphatic carbocycles. The van der Waals surface area contributed by atoms with E-state index in [1.165, 1.54) is 12.1 Å². The monoisotopic (exact) mass is 296 g/mol. The molecule has 116 valence electrons. The average molecular weight is 296 g/mol. The van der Waals surface area contributed by atoms with Gasteiger partial charge in [-0.3, -0.25) is 4.79 Å². The molecule has 1 saturated carbocycles. The number of carbonyl (C=O) groups excluding carboxylic acids is 1. The Hall–Kier alpha value is -1.49. The molecule has 1 aliphatic rings. The summed E-state index contributed by atoms with van der Waals surface area (Å²) >= 11 is 0. The summed E-state index contributed by atoms with van der Waals surface area (Å²) in [6.45, 7) is 6.38. The Morgan fingerprint density at radius 2 is 2.00 bits per heavy atom. The molecule has 0 aromatic heterocycles. The second kappa shape index (κ2) is 6.10. The fraction of sp³-hybridized carbons (Fsp3) is 0.562. The number of hydrogen-bond acceptors (Lipinski definition) is 2. The Bertz CT molecular complexity index is 521. The summed E-state index contributed by atoms with van der Waals surface area (Å²) in [4.78, 5) is 14.0. The highest BCUT2D eigenvalue weighted by molar-refractivity contribution is 5.79. The lowest BCUT2D eigenvalue weighted by atomic mass is 10.1. The van der Waals surface area contributed by atoms with Crippen LogP contribution in [0.5, 0.6) is 0 Å². The molecule has 0 radical (unpaired) electrons. The van der Waals surface area contributed by atoms with Crippen molar-refractivity contribution in [3.8, 4) is 0 Å². The maximum Gasteiger partial charge on any atom is 0.237 e. The van der Waals surface area contributed by atoms with Gasteiger partial charge in [-0.15, -0.1) is 0 Å². The molecule has 0 spiro atoms. The molecule has 1 N–H and O–H groups in total. The quantitative estimate of drug-likeness (QED) is 0.906. The first-order chi connectivity index (χ1) is 9.76. The number of benzene rings is 1. The lowest BCUT2D eigenvalue weighted by Crippen LogP contribution is -2.45. The number of halogens is 2. The Kier molecular flexibility index (Phi) is 4.61. The molecule has 0 heterocycles.